The Morgan fingerprint density at radius 1 is 1.41 bits per heavy atom. The molecule has 17 heavy (non-hydrogen) atoms. The number of hydrogen-bond acceptors (Lipinski definition) is 4. The van der Waals surface area contributed by atoms with Crippen LogP contribution >= 0.6 is 23.7 Å². The Morgan fingerprint density at radius 3 is 2.59 bits per heavy atom. The molecule has 1 aromatic heterocycles. The molecule has 0 spiro atoms. The number of hydrogen-bond donors (Lipinski definition) is 1. The lowest BCUT2D eigenvalue weighted by atomic mass is 9.82. The molecule has 6 heteroatoms. The van der Waals surface area contributed by atoms with Gasteiger partial charge < -0.3 is 5.73 Å². The van der Waals surface area contributed by atoms with Crippen molar-refractivity contribution in [2.45, 2.75) is 38.1 Å². The zero-order chi connectivity index (χ0) is 11.5. The summed E-state index contributed by atoms with van der Waals surface area (Å²) in [6.45, 7) is 0. The highest BCUT2D eigenvalue weighted by molar-refractivity contribution is 7.13. The quantitative estimate of drug-likeness (QED) is 0.676. The average molecular weight is 277 g/mol. The molecule has 0 radical (unpaired) electrons. The summed E-state index contributed by atoms with van der Waals surface area (Å²) in [5, 5.41) is 12.6. The smallest absolute Gasteiger partial charge is 0.324 e. The van der Waals surface area contributed by atoms with E-state index in [2.05, 4.69) is 0 Å². The van der Waals surface area contributed by atoms with Gasteiger partial charge in [-0.15, -0.1) is 12.4 Å². The molecule has 0 saturated heterocycles. The fraction of sp³-hybridized carbons (Fsp3) is 0.636. The van der Waals surface area contributed by atoms with Crippen LogP contribution in [0.1, 0.15) is 43.7 Å². The molecule has 0 aromatic carbocycles. The maximum absolute atomic E-state index is 10.6. The van der Waals surface area contributed by atoms with E-state index in [0.717, 1.165) is 18.4 Å². The van der Waals surface area contributed by atoms with Gasteiger partial charge in [0, 0.05) is 17.5 Å². The van der Waals surface area contributed by atoms with Gasteiger partial charge in [0.1, 0.15) is 0 Å². The van der Waals surface area contributed by atoms with Crippen LogP contribution in [0.15, 0.2) is 11.4 Å². The van der Waals surface area contributed by atoms with Gasteiger partial charge >= 0.3 is 5.00 Å². The van der Waals surface area contributed by atoms with Crippen LogP contribution in [-0.4, -0.2) is 4.92 Å². The number of thiophene rings is 1. The fourth-order valence-electron chi connectivity index (χ4n) is 2.38. The molecular weight excluding hydrogens is 260 g/mol. The van der Waals surface area contributed by atoms with E-state index in [1.807, 2.05) is 5.38 Å². The molecule has 0 bridgehead atoms. The molecule has 1 aliphatic rings. The van der Waals surface area contributed by atoms with Gasteiger partial charge in [0.15, 0.2) is 0 Å². The van der Waals surface area contributed by atoms with E-state index in [4.69, 9.17) is 5.73 Å². The predicted octanol–water partition coefficient (Wildman–Crippen LogP) is 3.66. The van der Waals surface area contributed by atoms with Gasteiger partial charge in [0.05, 0.1) is 4.92 Å². The number of rotatable bonds is 3. The van der Waals surface area contributed by atoms with Crippen LogP contribution in [0.5, 0.6) is 0 Å². The third kappa shape index (κ3) is 3.40. The van der Waals surface area contributed by atoms with E-state index in [1.54, 1.807) is 6.07 Å². The monoisotopic (exact) mass is 276 g/mol. The number of nitrogens with zero attached hydrogens (tertiary/aromatic N) is 1. The van der Waals surface area contributed by atoms with Crippen molar-refractivity contribution in [3.8, 4) is 0 Å². The molecule has 2 N–H and O–H groups in total. The third-order valence-electron chi connectivity index (χ3n) is 3.33. The van der Waals surface area contributed by atoms with Gasteiger partial charge in [0.2, 0.25) is 0 Å². The second-order valence-electron chi connectivity index (χ2n) is 4.40. The Kier molecular flexibility index (Phi) is 5.36. The lowest BCUT2D eigenvalue weighted by Gasteiger charge is -2.26. The van der Waals surface area contributed by atoms with Crippen LogP contribution in [0.25, 0.3) is 0 Å². The first-order valence-electron chi connectivity index (χ1n) is 5.67. The Balaban J connectivity index is 0.00000144. The molecule has 2 rings (SSSR count). The van der Waals surface area contributed by atoms with Crippen molar-refractivity contribution in [1.29, 1.82) is 0 Å². The van der Waals surface area contributed by atoms with E-state index >= 15 is 0 Å². The van der Waals surface area contributed by atoms with Crippen molar-refractivity contribution in [3.63, 3.8) is 0 Å². The van der Waals surface area contributed by atoms with Crippen LogP contribution in [-0.2, 0) is 0 Å². The summed E-state index contributed by atoms with van der Waals surface area (Å²) >= 11 is 1.17. The van der Waals surface area contributed by atoms with Gasteiger partial charge in [-0.2, -0.15) is 0 Å². The first-order valence-corrected chi connectivity index (χ1v) is 6.55. The summed E-state index contributed by atoms with van der Waals surface area (Å²) in [6.07, 6.45) is 6.10. The molecule has 0 amide bonds. The first kappa shape index (κ1) is 14.4. The first-order chi connectivity index (χ1) is 7.68. The van der Waals surface area contributed by atoms with E-state index in [-0.39, 0.29) is 28.4 Å². The standard InChI is InChI=1S/C11H16N2O2S.ClH/c12-11(8-4-2-1-3-5-8)9-6-10(13(14)15)16-7-9;/h6-8,11H,1-5,12H2;1H/t11-;/m1./s1. The number of halogens is 1. The lowest BCUT2D eigenvalue weighted by molar-refractivity contribution is -0.380. The van der Waals surface area contributed by atoms with E-state index in [9.17, 15) is 10.1 Å². The Morgan fingerprint density at radius 2 is 2.06 bits per heavy atom. The molecule has 1 atom stereocenters. The van der Waals surface area contributed by atoms with Gasteiger partial charge in [-0.25, -0.2) is 0 Å². The summed E-state index contributed by atoms with van der Waals surface area (Å²) in [6, 6.07) is 1.61. The molecule has 1 aromatic rings. The Labute approximate surface area is 111 Å². The highest BCUT2D eigenvalue weighted by atomic mass is 35.5. The van der Waals surface area contributed by atoms with Gasteiger partial charge in [-0.05, 0) is 24.3 Å². The molecule has 0 aliphatic heterocycles. The van der Waals surface area contributed by atoms with Crippen LogP contribution < -0.4 is 5.73 Å². The Hall–Kier alpha value is -0.650. The van der Waals surface area contributed by atoms with Crippen LogP contribution in [0.4, 0.5) is 5.00 Å². The maximum atomic E-state index is 10.6. The van der Waals surface area contributed by atoms with Gasteiger partial charge in [-0.3, -0.25) is 10.1 Å². The van der Waals surface area contributed by atoms with Crippen molar-refractivity contribution in [2.24, 2.45) is 11.7 Å². The zero-order valence-electron chi connectivity index (χ0n) is 9.50. The minimum atomic E-state index is -0.345. The number of nitro groups is 1. The molecule has 0 unspecified atom stereocenters. The summed E-state index contributed by atoms with van der Waals surface area (Å²) in [4.78, 5) is 10.2. The molecular formula is C11H17ClN2O2S. The third-order valence-corrected chi connectivity index (χ3v) is 4.23. The number of nitrogens with two attached hydrogens (primary N) is 1. The van der Waals surface area contributed by atoms with Gasteiger partial charge in [-0.1, -0.05) is 30.6 Å². The van der Waals surface area contributed by atoms with Crippen LogP contribution in [0.3, 0.4) is 0 Å². The Bertz CT molecular complexity index is 377. The highest BCUT2D eigenvalue weighted by Gasteiger charge is 2.24. The summed E-state index contributed by atoms with van der Waals surface area (Å²) in [5.41, 5.74) is 7.10. The summed E-state index contributed by atoms with van der Waals surface area (Å²) in [5.74, 6) is 0.503. The van der Waals surface area contributed by atoms with Crippen molar-refractivity contribution in [2.75, 3.05) is 0 Å². The molecule has 1 fully saturated rings. The predicted molar refractivity (Wildman–Crippen MR) is 71.7 cm³/mol. The maximum Gasteiger partial charge on any atom is 0.324 e. The molecule has 1 aliphatic carbocycles. The topological polar surface area (TPSA) is 69.2 Å². The summed E-state index contributed by atoms with van der Waals surface area (Å²) < 4.78 is 0. The fourth-order valence-corrected chi connectivity index (χ4v) is 3.15. The highest BCUT2D eigenvalue weighted by Crippen LogP contribution is 2.35. The summed E-state index contributed by atoms with van der Waals surface area (Å²) in [7, 11) is 0. The second-order valence-corrected chi connectivity index (χ2v) is 5.29. The van der Waals surface area contributed by atoms with Crippen molar-refractivity contribution >= 4 is 28.7 Å². The van der Waals surface area contributed by atoms with Crippen LogP contribution in [0, 0.1) is 16.0 Å². The van der Waals surface area contributed by atoms with Crippen molar-refractivity contribution < 1.29 is 4.92 Å². The zero-order valence-corrected chi connectivity index (χ0v) is 11.1. The molecule has 4 nitrogen and oxygen atoms in total. The molecule has 1 saturated carbocycles. The normalized spacial score (nSPS) is 18.4. The largest absolute Gasteiger partial charge is 0.324 e. The SMILES string of the molecule is Cl.N[C@@H](c1csc([N+](=O)[O-])c1)C1CCCCC1. The second kappa shape index (κ2) is 6.33. The lowest BCUT2D eigenvalue weighted by Crippen LogP contribution is -2.22. The molecule has 1 heterocycles. The van der Waals surface area contributed by atoms with Gasteiger partial charge in [0.25, 0.3) is 0 Å². The van der Waals surface area contributed by atoms with E-state index < -0.39 is 0 Å². The van der Waals surface area contributed by atoms with E-state index in [0.29, 0.717) is 5.92 Å². The average Bonchev–Trinajstić information content (AvgIpc) is 2.78. The molecule has 96 valence electrons. The minimum Gasteiger partial charge on any atom is -0.324 e. The van der Waals surface area contributed by atoms with Crippen molar-refractivity contribution in [3.05, 3.63) is 27.1 Å². The van der Waals surface area contributed by atoms with Crippen molar-refractivity contribution in [1.82, 2.24) is 0 Å². The minimum absolute atomic E-state index is 0. The van der Waals surface area contributed by atoms with Crippen LogP contribution in [0.2, 0.25) is 0 Å². The van der Waals surface area contributed by atoms with E-state index in [1.165, 1.54) is 30.6 Å².